The summed E-state index contributed by atoms with van der Waals surface area (Å²) in [5.74, 6) is 0.391. The molecule has 3 aromatic rings. The van der Waals surface area contributed by atoms with Crippen LogP contribution < -0.4 is 16.0 Å². The summed E-state index contributed by atoms with van der Waals surface area (Å²) in [5, 5.41) is 11.2. The van der Waals surface area contributed by atoms with Gasteiger partial charge in [0.2, 0.25) is 0 Å². The molecule has 1 spiro atoms. The number of hydrogen-bond donors (Lipinski definition) is 2. The second-order valence-electron chi connectivity index (χ2n) is 9.86. The number of ether oxygens (including phenoxy) is 1. The third kappa shape index (κ3) is 5.17. The van der Waals surface area contributed by atoms with E-state index in [0.717, 1.165) is 50.4 Å². The van der Waals surface area contributed by atoms with Crippen LogP contribution in [0.2, 0.25) is 0 Å². The highest BCUT2D eigenvalue weighted by Crippen LogP contribution is 2.39. The number of alkyl halides is 3. The standard InChI is InChI=1S/C27H28F3N5O2/c1-17(18-2-4-19(5-3-18)23-11-22(27(28,29)30)7-6-20(23)12-31)33-25(36)21-10-24(34-32-13-21)35-9-8-26(14-35)15-37-16-26/h2-7,10-11,13,17H,8-9,12,14-16,31H2,1H3,(H,33,36)/t17-/m1/s1. The smallest absolute Gasteiger partial charge is 0.380 e. The first kappa shape index (κ1) is 25.2. The number of benzene rings is 2. The first-order chi connectivity index (χ1) is 17.7. The van der Waals surface area contributed by atoms with Crippen LogP contribution in [0.15, 0.2) is 54.7 Å². The molecule has 37 heavy (non-hydrogen) atoms. The zero-order valence-corrected chi connectivity index (χ0v) is 20.4. The highest BCUT2D eigenvalue weighted by molar-refractivity contribution is 5.94. The Kier molecular flexibility index (Phi) is 6.63. The zero-order chi connectivity index (χ0) is 26.2. The van der Waals surface area contributed by atoms with E-state index in [0.29, 0.717) is 28.1 Å². The van der Waals surface area contributed by atoms with Gasteiger partial charge in [0.15, 0.2) is 5.82 Å². The fourth-order valence-electron chi connectivity index (χ4n) is 4.91. The molecule has 2 aromatic carbocycles. The Morgan fingerprint density at radius 1 is 1.19 bits per heavy atom. The lowest BCUT2D eigenvalue weighted by atomic mass is 9.85. The van der Waals surface area contributed by atoms with Crippen molar-refractivity contribution >= 4 is 11.7 Å². The average Bonchev–Trinajstić information content (AvgIpc) is 3.35. The van der Waals surface area contributed by atoms with Crippen LogP contribution >= 0.6 is 0 Å². The van der Waals surface area contributed by atoms with E-state index in [-0.39, 0.29) is 23.9 Å². The van der Waals surface area contributed by atoms with Crippen LogP contribution in [0.25, 0.3) is 11.1 Å². The van der Waals surface area contributed by atoms with Crippen LogP contribution in [0, 0.1) is 5.41 Å². The van der Waals surface area contributed by atoms with Crippen molar-refractivity contribution in [3.63, 3.8) is 0 Å². The Morgan fingerprint density at radius 2 is 1.95 bits per heavy atom. The normalized spacial score (nSPS) is 17.5. The number of rotatable bonds is 6. The van der Waals surface area contributed by atoms with Gasteiger partial charge in [0, 0.05) is 25.0 Å². The van der Waals surface area contributed by atoms with Gasteiger partial charge in [0.25, 0.3) is 5.91 Å². The molecular formula is C27H28F3N5O2. The second-order valence-corrected chi connectivity index (χ2v) is 9.86. The van der Waals surface area contributed by atoms with E-state index in [1.54, 1.807) is 30.3 Å². The number of nitrogens with two attached hydrogens (primary N) is 1. The number of aromatic nitrogens is 2. The van der Waals surface area contributed by atoms with Crippen molar-refractivity contribution < 1.29 is 22.7 Å². The Labute approximate surface area is 212 Å². The van der Waals surface area contributed by atoms with Crippen LogP contribution in [-0.4, -0.2) is 42.4 Å². The Morgan fingerprint density at radius 3 is 2.57 bits per heavy atom. The van der Waals surface area contributed by atoms with Crippen molar-refractivity contribution in [3.05, 3.63) is 77.0 Å². The maximum atomic E-state index is 13.2. The van der Waals surface area contributed by atoms with Crippen molar-refractivity contribution in [3.8, 4) is 11.1 Å². The van der Waals surface area contributed by atoms with E-state index in [1.165, 1.54) is 12.3 Å². The summed E-state index contributed by atoms with van der Waals surface area (Å²) in [6.07, 6.45) is -1.97. The van der Waals surface area contributed by atoms with Gasteiger partial charge in [-0.05, 0) is 53.8 Å². The predicted octanol–water partition coefficient (Wildman–Crippen LogP) is 4.34. The molecule has 1 aromatic heterocycles. The van der Waals surface area contributed by atoms with Crippen molar-refractivity contribution in [2.75, 3.05) is 31.2 Å². The third-order valence-electron chi connectivity index (χ3n) is 7.21. The summed E-state index contributed by atoms with van der Waals surface area (Å²) in [5.41, 5.74) is 8.14. The summed E-state index contributed by atoms with van der Waals surface area (Å²) in [4.78, 5) is 15.1. The summed E-state index contributed by atoms with van der Waals surface area (Å²) in [7, 11) is 0. The van der Waals surface area contributed by atoms with E-state index < -0.39 is 11.7 Å². The highest BCUT2D eigenvalue weighted by Gasteiger charge is 2.44. The minimum Gasteiger partial charge on any atom is -0.380 e. The molecule has 0 saturated carbocycles. The highest BCUT2D eigenvalue weighted by atomic mass is 19.4. The molecule has 3 heterocycles. The second kappa shape index (κ2) is 9.75. The number of carbonyl (C=O) groups excluding carboxylic acids is 1. The number of halogens is 3. The van der Waals surface area contributed by atoms with Crippen LogP contribution in [0.5, 0.6) is 0 Å². The van der Waals surface area contributed by atoms with E-state index in [1.807, 2.05) is 6.92 Å². The summed E-state index contributed by atoms with van der Waals surface area (Å²) < 4.78 is 45.1. The molecule has 0 unspecified atom stereocenters. The lowest BCUT2D eigenvalue weighted by molar-refractivity contribution is -0.137. The maximum absolute atomic E-state index is 13.2. The van der Waals surface area contributed by atoms with Gasteiger partial charge < -0.3 is 20.7 Å². The number of nitrogens with zero attached hydrogens (tertiary/aromatic N) is 3. The van der Waals surface area contributed by atoms with Crippen molar-refractivity contribution in [1.29, 1.82) is 0 Å². The molecule has 2 aliphatic rings. The molecule has 2 fully saturated rings. The quantitative estimate of drug-likeness (QED) is 0.512. The number of hydrogen-bond acceptors (Lipinski definition) is 6. The fourth-order valence-corrected chi connectivity index (χ4v) is 4.91. The maximum Gasteiger partial charge on any atom is 0.416 e. The van der Waals surface area contributed by atoms with Crippen molar-refractivity contribution in [2.45, 2.75) is 32.1 Å². The van der Waals surface area contributed by atoms with E-state index >= 15 is 0 Å². The van der Waals surface area contributed by atoms with Crippen molar-refractivity contribution in [1.82, 2.24) is 15.5 Å². The Bertz CT molecular complexity index is 1290. The molecule has 7 nitrogen and oxygen atoms in total. The van der Waals surface area contributed by atoms with Crippen LogP contribution in [0.3, 0.4) is 0 Å². The lowest BCUT2D eigenvalue weighted by Gasteiger charge is -2.37. The molecule has 0 aliphatic carbocycles. The zero-order valence-electron chi connectivity index (χ0n) is 20.4. The number of nitrogens with one attached hydrogen (secondary N) is 1. The minimum atomic E-state index is -4.44. The fraction of sp³-hybridized carbons (Fsp3) is 0.370. The molecule has 0 bridgehead atoms. The van der Waals surface area contributed by atoms with Gasteiger partial charge >= 0.3 is 6.18 Å². The first-order valence-corrected chi connectivity index (χ1v) is 12.1. The van der Waals surface area contributed by atoms with E-state index in [2.05, 4.69) is 20.4 Å². The minimum absolute atomic E-state index is 0.121. The van der Waals surface area contributed by atoms with E-state index in [4.69, 9.17) is 10.5 Å². The lowest BCUT2D eigenvalue weighted by Crippen LogP contribution is -2.44. The van der Waals surface area contributed by atoms with Crippen LogP contribution in [0.4, 0.5) is 19.0 Å². The number of carbonyl (C=O) groups is 1. The predicted molar refractivity (Wildman–Crippen MR) is 133 cm³/mol. The number of amides is 1. The van der Waals surface area contributed by atoms with Crippen LogP contribution in [-0.2, 0) is 17.5 Å². The van der Waals surface area contributed by atoms with Crippen LogP contribution in [0.1, 0.15) is 46.4 Å². The Hall–Kier alpha value is -3.50. The van der Waals surface area contributed by atoms with E-state index in [9.17, 15) is 18.0 Å². The summed E-state index contributed by atoms with van der Waals surface area (Å²) in [6.45, 7) is 5.18. The summed E-state index contributed by atoms with van der Waals surface area (Å²) >= 11 is 0. The monoisotopic (exact) mass is 511 g/mol. The Balaban J connectivity index is 1.28. The molecule has 10 heteroatoms. The van der Waals surface area contributed by atoms with Gasteiger partial charge in [-0.3, -0.25) is 4.79 Å². The number of anilines is 1. The van der Waals surface area contributed by atoms with Gasteiger partial charge in [-0.1, -0.05) is 30.3 Å². The molecule has 1 amide bonds. The summed E-state index contributed by atoms with van der Waals surface area (Å²) in [6, 6.07) is 12.1. The molecular weight excluding hydrogens is 483 g/mol. The van der Waals surface area contributed by atoms with Gasteiger partial charge in [0.1, 0.15) is 0 Å². The topological polar surface area (TPSA) is 93.4 Å². The first-order valence-electron chi connectivity index (χ1n) is 12.1. The third-order valence-corrected chi connectivity index (χ3v) is 7.21. The van der Waals surface area contributed by atoms with Gasteiger partial charge in [-0.25, -0.2) is 0 Å². The molecule has 0 radical (unpaired) electrons. The van der Waals surface area contributed by atoms with Gasteiger partial charge in [-0.2, -0.15) is 18.3 Å². The molecule has 1 atom stereocenters. The molecule has 3 N–H and O–H groups in total. The SMILES string of the molecule is C[C@@H](NC(=O)c1cnnc(N2CCC3(COC3)C2)c1)c1ccc(-c2cc(C(F)(F)F)ccc2CN)cc1. The molecule has 5 rings (SSSR count). The van der Waals surface area contributed by atoms with Crippen molar-refractivity contribution in [2.24, 2.45) is 11.1 Å². The molecule has 2 saturated heterocycles. The largest absolute Gasteiger partial charge is 0.416 e. The molecule has 194 valence electrons. The van der Waals surface area contributed by atoms with Gasteiger partial charge in [0.05, 0.1) is 36.6 Å². The van der Waals surface area contributed by atoms with Gasteiger partial charge in [-0.15, -0.1) is 5.10 Å². The molecule has 2 aliphatic heterocycles. The average molecular weight is 512 g/mol.